The second-order valence-corrected chi connectivity index (χ2v) is 10.5. The van der Waals surface area contributed by atoms with Crippen LogP contribution < -0.4 is 10.7 Å². The maximum absolute atomic E-state index is 13.6. The van der Waals surface area contributed by atoms with Gasteiger partial charge in [-0.05, 0) is 42.8 Å². The SMILES string of the molecule is CC1=C(C(=O)OCC(C)C)[C@@H](c2coc3ccccc3c2=O)C2=C(C[C@H](c3cccs3)CC2=O)N1. The summed E-state index contributed by atoms with van der Waals surface area (Å²) < 4.78 is 11.4. The number of thiophene rings is 1. The summed E-state index contributed by atoms with van der Waals surface area (Å²) in [7, 11) is 0. The minimum atomic E-state index is -0.844. The highest BCUT2D eigenvalue weighted by molar-refractivity contribution is 7.10. The normalized spacial score (nSPS) is 20.3. The van der Waals surface area contributed by atoms with Crippen molar-refractivity contribution in [3.63, 3.8) is 0 Å². The second-order valence-electron chi connectivity index (χ2n) is 9.54. The Hall–Kier alpha value is -3.45. The van der Waals surface area contributed by atoms with Gasteiger partial charge in [0, 0.05) is 39.7 Å². The maximum atomic E-state index is 13.6. The van der Waals surface area contributed by atoms with E-state index >= 15 is 0 Å². The number of ketones is 1. The smallest absolute Gasteiger partial charge is 0.336 e. The number of rotatable bonds is 5. The molecule has 1 N–H and O–H groups in total. The van der Waals surface area contributed by atoms with Crippen LogP contribution in [0.4, 0.5) is 0 Å². The van der Waals surface area contributed by atoms with Crippen molar-refractivity contribution in [1.29, 1.82) is 0 Å². The summed E-state index contributed by atoms with van der Waals surface area (Å²) in [4.78, 5) is 41.7. The first-order chi connectivity index (χ1) is 16.8. The van der Waals surface area contributed by atoms with Crippen molar-refractivity contribution in [2.75, 3.05) is 6.61 Å². The molecule has 1 aromatic carbocycles. The van der Waals surface area contributed by atoms with Crippen LogP contribution in [-0.4, -0.2) is 18.4 Å². The van der Waals surface area contributed by atoms with Gasteiger partial charge in [-0.3, -0.25) is 9.59 Å². The lowest BCUT2D eigenvalue weighted by molar-refractivity contribution is -0.140. The Morgan fingerprint density at radius 3 is 2.71 bits per heavy atom. The Morgan fingerprint density at radius 2 is 1.97 bits per heavy atom. The molecular weight excluding hydrogens is 462 g/mol. The molecule has 0 fully saturated rings. The Bertz CT molecular complexity index is 1430. The Balaban J connectivity index is 1.66. The summed E-state index contributed by atoms with van der Waals surface area (Å²) >= 11 is 1.63. The molecule has 1 aliphatic heterocycles. The quantitative estimate of drug-likeness (QED) is 0.482. The van der Waals surface area contributed by atoms with Crippen LogP contribution in [0, 0.1) is 5.92 Å². The van der Waals surface area contributed by atoms with Crippen LogP contribution in [0.5, 0.6) is 0 Å². The lowest BCUT2D eigenvalue weighted by Crippen LogP contribution is -2.37. The van der Waals surface area contributed by atoms with Crippen LogP contribution in [0.2, 0.25) is 0 Å². The van der Waals surface area contributed by atoms with E-state index in [0.29, 0.717) is 35.1 Å². The number of allylic oxidation sites excluding steroid dienone is 3. The number of carbonyl (C=O) groups excluding carboxylic acids is 2. The number of Topliss-reactive ketones (excluding diaryl/α,β-unsaturated/α-hetero) is 1. The van der Waals surface area contributed by atoms with Crippen LogP contribution in [0.1, 0.15) is 55.9 Å². The van der Waals surface area contributed by atoms with Gasteiger partial charge < -0.3 is 14.5 Å². The van der Waals surface area contributed by atoms with E-state index in [1.54, 1.807) is 42.5 Å². The molecule has 2 aromatic heterocycles. The van der Waals surface area contributed by atoms with Gasteiger partial charge in [0.2, 0.25) is 0 Å². The van der Waals surface area contributed by atoms with Gasteiger partial charge in [-0.2, -0.15) is 0 Å². The van der Waals surface area contributed by atoms with E-state index in [1.807, 2.05) is 31.4 Å². The molecule has 2 aliphatic rings. The molecule has 0 spiro atoms. The van der Waals surface area contributed by atoms with Crippen molar-refractivity contribution in [3.05, 3.63) is 91.2 Å². The standard InChI is InChI=1S/C28H27NO5S/c1-15(2)13-34-28(32)24-16(3)29-20-11-17(23-9-6-10-35-23)12-21(30)26(20)25(24)19-14-33-22-8-5-4-7-18(22)27(19)31/h4-10,14-15,17,25,29H,11-13H2,1-3H3/t17-,25+/m0/s1. The summed E-state index contributed by atoms with van der Waals surface area (Å²) in [5, 5.41) is 5.75. The number of nitrogens with one attached hydrogen (secondary N) is 1. The lowest BCUT2D eigenvalue weighted by Gasteiger charge is -2.36. The molecule has 2 atom stereocenters. The van der Waals surface area contributed by atoms with Crippen LogP contribution in [0.15, 0.2) is 79.8 Å². The predicted molar refractivity (Wildman–Crippen MR) is 135 cm³/mol. The highest BCUT2D eigenvalue weighted by Gasteiger charge is 2.43. The van der Waals surface area contributed by atoms with Gasteiger partial charge in [-0.1, -0.05) is 32.0 Å². The molecule has 5 rings (SSSR count). The number of esters is 1. The first-order valence-corrected chi connectivity index (χ1v) is 12.7. The van der Waals surface area contributed by atoms with Crippen LogP contribution in [-0.2, 0) is 14.3 Å². The molecule has 7 heteroatoms. The van der Waals surface area contributed by atoms with Crippen molar-refractivity contribution >= 4 is 34.1 Å². The number of carbonyl (C=O) groups is 2. The van der Waals surface area contributed by atoms with E-state index in [-0.39, 0.29) is 40.8 Å². The fourth-order valence-corrected chi connectivity index (χ4v) is 5.79. The number of dihydropyridines is 1. The zero-order valence-electron chi connectivity index (χ0n) is 19.9. The predicted octanol–water partition coefficient (Wildman–Crippen LogP) is 5.42. The molecule has 0 saturated carbocycles. The van der Waals surface area contributed by atoms with E-state index in [2.05, 4.69) is 5.32 Å². The number of para-hydroxylation sites is 1. The molecule has 0 radical (unpaired) electrons. The minimum Gasteiger partial charge on any atom is -0.464 e. The summed E-state index contributed by atoms with van der Waals surface area (Å²) in [6.45, 7) is 5.96. The molecule has 3 heterocycles. The Morgan fingerprint density at radius 1 is 1.17 bits per heavy atom. The van der Waals surface area contributed by atoms with Crippen molar-refractivity contribution < 1.29 is 18.7 Å². The van der Waals surface area contributed by atoms with Gasteiger partial charge >= 0.3 is 5.97 Å². The first-order valence-electron chi connectivity index (χ1n) is 11.8. The zero-order chi connectivity index (χ0) is 24.7. The van der Waals surface area contributed by atoms with Gasteiger partial charge in [0.1, 0.15) is 5.58 Å². The number of fused-ring (bicyclic) bond motifs is 1. The van der Waals surface area contributed by atoms with Crippen molar-refractivity contribution in [1.82, 2.24) is 5.32 Å². The third-order valence-corrected chi connectivity index (χ3v) is 7.59. The zero-order valence-corrected chi connectivity index (χ0v) is 20.7. The molecule has 35 heavy (non-hydrogen) atoms. The lowest BCUT2D eigenvalue weighted by atomic mass is 9.73. The van der Waals surface area contributed by atoms with E-state index in [1.165, 1.54) is 6.26 Å². The molecule has 0 unspecified atom stereocenters. The van der Waals surface area contributed by atoms with Crippen molar-refractivity contribution in [2.24, 2.45) is 5.92 Å². The maximum Gasteiger partial charge on any atom is 0.336 e. The number of ether oxygens (including phenoxy) is 1. The van der Waals surface area contributed by atoms with E-state index < -0.39 is 11.9 Å². The van der Waals surface area contributed by atoms with Gasteiger partial charge in [0.25, 0.3) is 0 Å². The molecule has 3 aromatic rings. The largest absolute Gasteiger partial charge is 0.464 e. The molecule has 0 saturated heterocycles. The van der Waals surface area contributed by atoms with Crippen LogP contribution >= 0.6 is 11.3 Å². The van der Waals surface area contributed by atoms with E-state index in [9.17, 15) is 14.4 Å². The van der Waals surface area contributed by atoms with Crippen molar-refractivity contribution in [3.8, 4) is 0 Å². The van der Waals surface area contributed by atoms with E-state index in [4.69, 9.17) is 9.15 Å². The Kier molecular flexibility index (Phi) is 6.19. The van der Waals surface area contributed by atoms with Gasteiger partial charge in [0.05, 0.1) is 29.7 Å². The van der Waals surface area contributed by atoms with E-state index in [0.717, 1.165) is 10.6 Å². The third kappa shape index (κ3) is 4.25. The molecular formula is C28H27NO5S. The molecule has 0 amide bonds. The summed E-state index contributed by atoms with van der Waals surface area (Å²) in [6.07, 6.45) is 2.35. The van der Waals surface area contributed by atoms with Crippen LogP contribution in [0.3, 0.4) is 0 Å². The summed E-state index contributed by atoms with van der Waals surface area (Å²) in [6, 6.07) is 11.0. The van der Waals surface area contributed by atoms with Gasteiger partial charge in [-0.25, -0.2) is 4.79 Å². The monoisotopic (exact) mass is 489 g/mol. The fraction of sp³-hybridized carbons (Fsp3) is 0.321. The average molecular weight is 490 g/mol. The number of hydrogen-bond acceptors (Lipinski definition) is 7. The number of benzene rings is 1. The summed E-state index contributed by atoms with van der Waals surface area (Å²) in [5.41, 5.74) is 2.58. The molecule has 1 aliphatic carbocycles. The topological polar surface area (TPSA) is 85.6 Å². The first kappa shape index (κ1) is 23.3. The number of hydrogen-bond donors (Lipinski definition) is 1. The third-order valence-electron chi connectivity index (χ3n) is 6.56. The van der Waals surface area contributed by atoms with Crippen molar-refractivity contribution in [2.45, 2.75) is 45.4 Å². The second kappa shape index (κ2) is 9.30. The Labute approximate surface area is 207 Å². The average Bonchev–Trinajstić information content (AvgIpc) is 3.37. The summed E-state index contributed by atoms with van der Waals surface area (Å²) in [5.74, 6) is -1.23. The molecule has 6 nitrogen and oxygen atoms in total. The molecule has 0 bridgehead atoms. The van der Waals surface area contributed by atoms with Gasteiger partial charge in [-0.15, -0.1) is 11.3 Å². The highest BCUT2D eigenvalue weighted by Crippen LogP contribution is 2.45. The van der Waals surface area contributed by atoms with Crippen LogP contribution in [0.25, 0.3) is 11.0 Å². The van der Waals surface area contributed by atoms with Gasteiger partial charge in [0.15, 0.2) is 11.2 Å². The molecule has 180 valence electrons. The highest BCUT2D eigenvalue weighted by atomic mass is 32.1. The minimum absolute atomic E-state index is 0.0599. The fourth-order valence-electron chi connectivity index (χ4n) is 4.96.